The number of carbonyl (C=O) groups is 1. The monoisotopic (exact) mass is 374 g/mol. The lowest BCUT2D eigenvalue weighted by atomic mass is 10.1. The number of nitrogens with zero attached hydrogens (tertiary/aromatic N) is 3. The van der Waals surface area contributed by atoms with Gasteiger partial charge in [-0.15, -0.1) is 0 Å². The van der Waals surface area contributed by atoms with Crippen LogP contribution in [0, 0.1) is 20.2 Å². The number of nitrogens with one attached hydrogen (secondary N) is 1. The number of phenols is 1. The van der Waals surface area contributed by atoms with Crippen molar-refractivity contribution in [2.75, 3.05) is 7.11 Å². The molecule has 0 unspecified atom stereocenters. The van der Waals surface area contributed by atoms with Gasteiger partial charge in [-0.3, -0.25) is 25.0 Å². The number of amides is 1. The van der Waals surface area contributed by atoms with Gasteiger partial charge in [0.05, 0.1) is 27.7 Å². The fraction of sp³-hybridized carbons (Fsp3) is 0.125. The standard InChI is InChI=1S/C16H14N4O7/c1-27-15(10-5-3-2-4-6-10)16(22)18-17-9-11-7-12(19(23)24)8-13(14(11)21)20(25)26/h2-9,15,21H,1H3,(H,18,22)/b17-9-/t15-/m1/s1. The van der Waals surface area contributed by atoms with Gasteiger partial charge < -0.3 is 9.84 Å². The van der Waals surface area contributed by atoms with Crippen LogP contribution in [-0.4, -0.2) is 34.2 Å². The number of hydrazone groups is 1. The van der Waals surface area contributed by atoms with Gasteiger partial charge in [0.2, 0.25) is 5.75 Å². The van der Waals surface area contributed by atoms with Crippen LogP contribution in [0.2, 0.25) is 0 Å². The molecule has 0 saturated carbocycles. The zero-order valence-electron chi connectivity index (χ0n) is 13.9. The van der Waals surface area contributed by atoms with Gasteiger partial charge in [0, 0.05) is 13.2 Å². The van der Waals surface area contributed by atoms with E-state index in [-0.39, 0.29) is 5.56 Å². The van der Waals surface area contributed by atoms with Gasteiger partial charge in [-0.2, -0.15) is 5.10 Å². The van der Waals surface area contributed by atoms with E-state index in [0.717, 1.165) is 12.3 Å². The molecular formula is C16H14N4O7. The van der Waals surface area contributed by atoms with Crippen molar-refractivity contribution in [3.05, 3.63) is 73.8 Å². The molecule has 2 N–H and O–H groups in total. The van der Waals surface area contributed by atoms with Crippen molar-refractivity contribution in [2.45, 2.75) is 6.10 Å². The molecule has 140 valence electrons. The molecule has 0 radical (unpaired) electrons. The molecule has 2 aromatic rings. The lowest BCUT2D eigenvalue weighted by molar-refractivity contribution is -0.394. The van der Waals surface area contributed by atoms with E-state index in [4.69, 9.17) is 4.74 Å². The summed E-state index contributed by atoms with van der Waals surface area (Å²) in [6.45, 7) is 0. The van der Waals surface area contributed by atoms with Gasteiger partial charge in [-0.1, -0.05) is 30.3 Å². The molecule has 0 heterocycles. The Morgan fingerprint density at radius 3 is 2.44 bits per heavy atom. The Hall–Kier alpha value is -3.86. The van der Waals surface area contributed by atoms with Crippen LogP contribution in [0.1, 0.15) is 17.2 Å². The van der Waals surface area contributed by atoms with Crippen LogP contribution in [0.3, 0.4) is 0 Å². The summed E-state index contributed by atoms with van der Waals surface area (Å²) in [7, 11) is 1.33. The van der Waals surface area contributed by atoms with Gasteiger partial charge in [0.25, 0.3) is 11.6 Å². The maximum absolute atomic E-state index is 12.2. The predicted molar refractivity (Wildman–Crippen MR) is 93.3 cm³/mol. The quantitative estimate of drug-likeness (QED) is 0.426. The van der Waals surface area contributed by atoms with Crippen LogP contribution >= 0.6 is 0 Å². The van der Waals surface area contributed by atoms with E-state index >= 15 is 0 Å². The van der Waals surface area contributed by atoms with Gasteiger partial charge in [-0.05, 0) is 5.56 Å². The first-order valence-corrected chi connectivity index (χ1v) is 7.41. The molecule has 11 nitrogen and oxygen atoms in total. The van der Waals surface area contributed by atoms with Gasteiger partial charge in [0.15, 0.2) is 6.10 Å². The summed E-state index contributed by atoms with van der Waals surface area (Å²) in [6.07, 6.45) is -0.0957. The third kappa shape index (κ3) is 4.61. The van der Waals surface area contributed by atoms with Crippen molar-refractivity contribution in [3.8, 4) is 5.75 Å². The molecule has 0 aliphatic carbocycles. The summed E-state index contributed by atoms with van der Waals surface area (Å²) in [5.74, 6) is -1.45. The molecule has 0 aromatic heterocycles. The number of hydrogen-bond donors (Lipinski definition) is 2. The smallest absolute Gasteiger partial charge is 0.318 e. The number of ether oxygens (including phenoxy) is 1. The highest BCUT2D eigenvalue weighted by Gasteiger charge is 2.23. The molecule has 0 fully saturated rings. The van der Waals surface area contributed by atoms with E-state index in [1.54, 1.807) is 30.3 Å². The third-order valence-electron chi connectivity index (χ3n) is 3.47. The fourth-order valence-electron chi connectivity index (χ4n) is 2.22. The highest BCUT2D eigenvalue weighted by atomic mass is 16.6. The van der Waals surface area contributed by atoms with Crippen molar-refractivity contribution in [1.82, 2.24) is 5.43 Å². The molecule has 0 aliphatic rings. The molecule has 11 heteroatoms. The van der Waals surface area contributed by atoms with E-state index in [9.17, 15) is 30.1 Å². The Morgan fingerprint density at radius 2 is 1.89 bits per heavy atom. The molecule has 2 aromatic carbocycles. The summed E-state index contributed by atoms with van der Waals surface area (Å²) in [5.41, 5.74) is 0.974. The number of hydrogen-bond acceptors (Lipinski definition) is 8. The minimum Gasteiger partial charge on any atom is -0.502 e. The van der Waals surface area contributed by atoms with E-state index in [1.165, 1.54) is 7.11 Å². The maximum atomic E-state index is 12.2. The number of nitro groups is 2. The van der Waals surface area contributed by atoms with Crippen LogP contribution in [0.25, 0.3) is 0 Å². The molecule has 27 heavy (non-hydrogen) atoms. The maximum Gasteiger partial charge on any atom is 0.318 e. The lowest BCUT2D eigenvalue weighted by Gasteiger charge is -2.13. The number of rotatable bonds is 7. The highest BCUT2D eigenvalue weighted by molar-refractivity contribution is 5.89. The summed E-state index contributed by atoms with van der Waals surface area (Å²) >= 11 is 0. The number of carbonyl (C=O) groups excluding carboxylic acids is 1. The Balaban J connectivity index is 2.23. The lowest BCUT2D eigenvalue weighted by Crippen LogP contribution is -2.26. The van der Waals surface area contributed by atoms with Crippen LogP contribution in [-0.2, 0) is 9.53 Å². The second-order valence-electron chi connectivity index (χ2n) is 5.18. The summed E-state index contributed by atoms with van der Waals surface area (Å²) in [5, 5.41) is 35.2. The molecule has 0 aliphatic heterocycles. The van der Waals surface area contributed by atoms with Crippen LogP contribution < -0.4 is 5.43 Å². The minimum absolute atomic E-state index is 0.301. The molecule has 1 amide bonds. The van der Waals surface area contributed by atoms with Gasteiger partial charge >= 0.3 is 5.69 Å². The third-order valence-corrected chi connectivity index (χ3v) is 3.47. The topological polar surface area (TPSA) is 157 Å². The van der Waals surface area contributed by atoms with Gasteiger partial charge in [-0.25, -0.2) is 5.43 Å². The first-order valence-electron chi connectivity index (χ1n) is 7.41. The molecule has 2 rings (SSSR count). The first kappa shape index (κ1) is 19.5. The summed E-state index contributed by atoms with van der Waals surface area (Å²) < 4.78 is 5.11. The largest absolute Gasteiger partial charge is 0.502 e. The predicted octanol–water partition coefficient (Wildman–Crippen LogP) is 2.05. The average Bonchev–Trinajstić information content (AvgIpc) is 2.64. The molecule has 1 atom stereocenters. The first-order chi connectivity index (χ1) is 12.8. The number of benzene rings is 2. The number of nitro benzene ring substituents is 2. The number of non-ortho nitro benzene ring substituents is 1. The number of phenolic OH excluding ortho intramolecular Hbond substituents is 1. The van der Waals surface area contributed by atoms with Crippen molar-refractivity contribution >= 4 is 23.5 Å². The second kappa shape index (κ2) is 8.49. The molecular weight excluding hydrogens is 360 g/mol. The Bertz CT molecular complexity index is 899. The Labute approximate surface area is 152 Å². The van der Waals surface area contributed by atoms with Crippen LogP contribution in [0.4, 0.5) is 11.4 Å². The van der Waals surface area contributed by atoms with Gasteiger partial charge in [0.1, 0.15) is 0 Å². The van der Waals surface area contributed by atoms with Crippen molar-refractivity contribution in [2.24, 2.45) is 5.10 Å². The SMILES string of the molecule is CO[C@@H](C(=O)N/N=C\c1cc([N+](=O)[O-])cc([N+](=O)[O-])c1O)c1ccccc1. The average molecular weight is 374 g/mol. The molecule has 0 spiro atoms. The fourth-order valence-corrected chi connectivity index (χ4v) is 2.22. The summed E-state index contributed by atoms with van der Waals surface area (Å²) in [6, 6.07) is 10.1. The normalized spacial score (nSPS) is 11.9. The molecule has 0 bridgehead atoms. The van der Waals surface area contributed by atoms with Crippen molar-refractivity contribution in [3.63, 3.8) is 0 Å². The van der Waals surface area contributed by atoms with Crippen LogP contribution in [0.15, 0.2) is 47.6 Å². The van der Waals surface area contributed by atoms with Crippen LogP contribution in [0.5, 0.6) is 5.75 Å². The number of aromatic hydroxyl groups is 1. The zero-order chi connectivity index (χ0) is 20.0. The highest BCUT2D eigenvalue weighted by Crippen LogP contribution is 2.33. The van der Waals surface area contributed by atoms with E-state index in [0.29, 0.717) is 11.6 Å². The Morgan fingerprint density at radius 1 is 1.22 bits per heavy atom. The minimum atomic E-state index is -0.964. The molecule has 0 saturated heterocycles. The van der Waals surface area contributed by atoms with Crippen molar-refractivity contribution < 1.29 is 24.5 Å². The van der Waals surface area contributed by atoms with E-state index in [1.807, 2.05) is 0 Å². The van der Waals surface area contributed by atoms with E-state index in [2.05, 4.69) is 10.5 Å². The zero-order valence-corrected chi connectivity index (χ0v) is 13.9. The number of methoxy groups -OCH3 is 1. The summed E-state index contributed by atoms with van der Waals surface area (Å²) in [4.78, 5) is 32.1. The second-order valence-corrected chi connectivity index (χ2v) is 5.18. The van der Waals surface area contributed by atoms with Crippen molar-refractivity contribution in [1.29, 1.82) is 0 Å². The Kier molecular flexibility index (Phi) is 6.12. The van der Waals surface area contributed by atoms with E-state index < -0.39 is 39.0 Å².